The van der Waals surface area contributed by atoms with Gasteiger partial charge in [0.05, 0.1) is 55.4 Å². The lowest BCUT2D eigenvalue weighted by Gasteiger charge is -2.29. The molecule has 18 nitrogen and oxygen atoms in total. The minimum atomic E-state index is -4.10. The fourth-order valence-corrected chi connectivity index (χ4v) is 6.74. The molecule has 0 aliphatic heterocycles. The molecule has 0 bridgehead atoms. The van der Waals surface area contributed by atoms with Crippen molar-refractivity contribution in [3.05, 3.63) is 77.0 Å². The Bertz CT molecular complexity index is 2720. The van der Waals surface area contributed by atoms with Crippen LogP contribution in [-0.2, 0) is 43.7 Å². The number of nitriles is 2. The van der Waals surface area contributed by atoms with Gasteiger partial charge in [0.25, 0.3) is 0 Å². The molecule has 25 heteroatoms. The third-order valence-corrected chi connectivity index (χ3v) is 12.4. The van der Waals surface area contributed by atoms with E-state index in [1.54, 1.807) is 41.5 Å². The first-order valence-corrected chi connectivity index (χ1v) is 21.9. The summed E-state index contributed by atoms with van der Waals surface area (Å²) in [6.07, 6.45) is 0. The van der Waals surface area contributed by atoms with Crippen LogP contribution in [0.15, 0.2) is 33.9 Å². The molecule has 0 radical (unpaired) electrons. The van der Waals surface area contributed by atoms with Crippen LogP contribution in [0.2, 0.25) is 20.6 Å². The number of hydrogen-bond acceptors (Lipinski definition) is 12. The maximum Gasteiger partial charge on any atom is 0.351 e. The van der Waals surface area contributed by atoms with Gasteiger partial charge in [0.15, 0.2) is 0 Å². The molecule has 0 fully saturated rings. The van der Waals surface area contributed by atoms with Gasteiger partial charge in [-0.15, -0.1) is 10.2 Å². The Hall–Kier alpha value is -4.41. The van der Waals surface area contributed by atoms with E-state index >= 15 is 0 Å². The maximum absolute atomic E-state index is 13.0. The molecule has 320 valence electrons. The van der Waals surface area contributed by atoms with Gasteiger partial charge < -0.3 is 0 Å². The van der Waals surface area contributed by atoms with Crippen LogP contribution in [0.5, 0.6) is 0 Å². The molecule has 0 unspecified atom stereocenters. The lowest BCUT2D eigenvalue weighted by atomic mass is 9.95. The zero-order valence-electron chi connectivity index (χ0n) is 33.2. The summed E-state index contributed by atoms with van der Waals surface area (Å²) >= 11 is 29.1. The van der Waals surface area contributed by atoms with Crippen molar-refractivity contribution < 1.29 is 26.4 Å². The number of nitrogens with one attached hydrogen (secondary N) is 1. The highest BCUT2D eigenvalue weighted by molar-refractivity contribution is 7.93. The molecular formula is C34H39Cl5N10O8S2. The van der Waals surface area contributed by atoms with Crippen LogP contribution in [0.1, 0.15) is 66.5 Å². The quantitative estimate of drug-likeness (QED) is 0.206. The Labute approximate surface area is 365 Å². The monoisotopic (exact) mass is 954 g/mol. The van der Waals surface area contributed by atoms with Crippen molar-refractivity contribution in [1.29, 1.82) is 10.5 Å². The standard InChI is InChI=1S/C17H19Cl2N5O4S.C12H11Cl2N5O3S.C5H9ClO/c1-6-29(27,28)24(14(25)17(2,3)4)12-8-13(11(18)7-10(12)9-20)23-16(26)22(5)15(19)21-23;1-3-23(21,22)17-9-5-10(8(13)4-7(9)6-15)19-12(20)18(2)11(14)16-19;1-5(2,3)4(6)7/h7-8H,6H2,1-5H3;4-5,17H,3H2,1-2H3;1-3H3. The topological polar surface area (TPSA) is 245 Å². The summed E-state index contributed by atoms with van der Waals surface area (Å²) in [7, 11) is -4.90. The molecule has 2 aromatic carbocycles. The minimum Gasteiger partial charge on any atom is -0.282 e. The van der Waals surface area contributed by atoms with Gasteiger partial charge in [0.1, 0.15) is 12.1 Å². The second kappa shape index (κ2) is 19.3. The molecule has 2 heterocycles. The molecule has 2 aromatic heterocycles. The number of aromatic nitrogens is 6. The highest BCUT2D eigenvalue weighted by Crippen LogP contribution is 2.34. The van der Waals surface area contributed by atoms with Gasteiger partial charge in [0.2, 0.25) is 41.8 Å². The van der Waals surface area contributed by atoms with Crippen LogP contribution in [0.4, 0.5) is 11.4 Å². The summed E-state index contributed by atoms with van der Waals surface area (Å²) in [5.74, 6) is -1.30. The van der Waals surface area contributed by atoms with Gasteiger partial charge in [-0.3, -0.25) is 23.4 Å². The second-order valence-electron chi connectivity index (χ2n) is 14.2. The van der Waals surface area contributed by atoms with E-state index in [1.807, 2.05) is 12.1 Å². The van der Waals surface area contributed by atoms with E-state index in [2.05, 4.69) is 14.9 Å². The normalized spacial score (nSPS) is 11.6. The second-order valence-corrected chi connectivity index (χ2v) is 20.1. The molecule has 4 rings (SSSR count). The fraction of sp³-hybridized carbons (Fsp3) is 0.412. The van der Waals surface area contributed by atoms with E-state index < -0.39 is 42.7 Å². The Kier molecular flexibility index (Phi) is 16.6. The Morgan fingerprint density at radius 1 is 0.746 bits per heavy atom. The number of benzene rings is 2. The van der Waals surface area contributed by atoms with E-state index in [4.69, 9.17) is 63.3 Å². The minimum absolute atomic E-state index is 0.00225. The van der Waals surface area contributed by atoms with Crippen LogP contribution in [-0.4, -0.2) is 68.2 Å². The lowest BCUT2D eigenvalue weighted by molar-refractivity contribution is -0.124. The molecule has 0 saturated heterocycles. The molecule has 0 atom stereocenters. The van der Waals surface area contributed by atoms with Crippen molar-refractivity contribution in [1.82, 2.24) is 28.7 Å². The first kappa shape index (κ1) is 50.7. The Morgan fingerprint density at radius 3 is 1.47 bits per heavy atom. The number of anilines is 2. The third-order valence-electron chi connectivity index (χ3n) is 7.63. The van der Waals surface area contributed by atoms with Crippen molar-refractivity contribution in [2.75, 3.05) is 20.5 Å². The summed E-state index contributed by atoms with van der Waals surface area (Å²) in [4.78, 5) is 47.7. The SMILES string of the molecule is CC(C)(C)C(=O)Cl.CCS(=O)(=O)N(C(=O)C(C)(C)C)c1cc(-n2nc(Cl)n(C)c2=O)c(Cl)cc1C#N.CCS(=O)(=O)Nc1cc(-n2nc(Cl)n(C)c2=O)c(Cl)cc1C#N. The van der Waals surface area contributed by atoms with E-state index in [0.717, 1.165) is 18.5 Å². The summed E-state index contributed by atoms with van der Waals surface area (Å²) < 4.78 is 55.8. The molecular weight excluding hydrogens is 918 g/mol. The zero-order chi connectivity index (χ0) is 45.7. The van der Waals surface area contributed by atoms with Crippen molar-refractivity contribution in [2.24, 2.45) is 24.9 Å². The first-order valence-electron chi connectivity index (χ1n) is 16.8. The van der Waals surface area contributed by atoms with Gasteiger partial charge in [-0.25, -0.2) is 30.7 Å². The van der Waals surface area contributed by atoms with Crippen molar-refractivity contribution in [3.8, 4) is 23.5 Å². The smallest absolute Gasteiger partial charge is 0.282 e. The number of halogens is 5. The van der Waals surface area contributed by atoms with Crippen molar-refractivity contribution in [2.45, 2.75) is 55.4 Å². The van der Waals surface area contributed by atoms with E-state index in [-0.39, 0.29) is 76.7 Å². The van der Waals surface area contributed by atoms with Crippen LogP contribution >= 0.6 is 58.0 Å². The summed E-state index contributed by atoms with van der Waals surface area (Å²) in [6, 6.07) is 8.55. The number of carbonyl (C=O) groups excluding carboxylic acids is 2. The molecule has 1 amide bonds. The molecule has 59 heavy (non-hydrogen) atoms. The van der Waals surface area contributed by atoms with E-state index in [1.165, 1.54) is 52.2 Å². The number of carbonyl (C=O) groups is 2. The van der Waals surface area contributed by atoms with Crippen LogP contribution in [0, 0.1) is 33.5 Å². The summed E-state index contributed by atoms with van der Waals surface area (Å²) in [5, 5.41) is 25.9. The largest absolute Gasteiger partial charge is 0.351 e. The number of nitrogens with zero attached hydrogens (tertiary/aromatic N) is 9. The third kappa shape index (κ3) is 12.1. The predicted molar refractivity (Wildman–Crippen MR) is 227 cm³/mol. The number of rotatable bonds is 8. The van der Waals surface area contributed by atoms with Gasteiger partial charge in [0, 0.05) is 24.9 Å². The van der Waals surface area contributed by atoms with Crippen LogP contribution in [0.25, 0.3) is 11.4 Å². The number of sulfonamides is 2. The number of amides is 1. The van der Waals surface area contributed by atoms with E-state index in [9.17, 15) is 41.3 Å². The predicted octanol–water partition coefficient (Wildman–Crippen LogP) is 5.79. The molecule has 0 spiro atoms. The Balaban J connectivity index is 0.000000356. The van der Waals surface area contributed by atoms with Gasteiger partial charge >= 0.3 is 11.4 Å². The molecule has 1 N–H and O–H groups in total. The van der Waals surface area contributed by atoms with Gasteiger partial charge in [-0.05, 0) is 72.9 Å². The highest BCUT2D eigenvalue weighted by Gasteiger charge is 2.37. The highest BCUT2D eigenvalue weighted by atomic mass is 35.5. The lowest BCUT2D eigenvalue weighted by Crippen LogP contribution is -2.44. The average molecular weight is 957 g/mol. The molecule has 0 saturated carbocycles. The average Bonchev–Trinajstić information content (AvgIpc) is 3.55. The molecule has 0 aliphatic rings. The van der Waals surface area contributed by atoms with Crippen LogP contribution < -0.4 is 20.4 Å². The van der Waals surface area contributed by atoms with Crippen LogP contribution in [0.3, 0.4) is 0 Å². The molecule has 0 aliphatic carbocycles. The fourth-order valence-electron chi connectivity index (χ4n) is 4.07. The van der Waals surface area contributed by atoms with Gasteiger partial charge in [-0.1, -0.05) is 64.7 Å². The number of hydrogen-bond donors (Lipinski definition) is 1. The maximum atomic E-state index is 13.0. The summed E-state index contributed by atoms with van der Waals surface area (Å²) in [5.41, 5.74) is -2.91. The van der Waals surface area contributed by atoms with Gasteiger partial charge in [-0.2, -0.15) is 19.9 Å². The van der Waals surface area contributed by atoms with Crippen molar-refractivity contribution >= 4 is 101 Å². The zero-order valence-corrected chi connectivity index (χ0v) is 38.6. The van der Waals surface area contributed by atoms with Crippen molar-refractivity contribution in [3.63, 3.8) is 0 Å². The first-order chi connectivity index (χ1) is 26.9. The Morgan fingerprint density at radius 2 is 1.15 bits per heavy atom. The van der Waals surface area contributed by atoms with E-state index in [0.29, 0.717) is 4.31 Å². The summed E-state index contributed by atoms with van der Waals surface area (Å²) in [6.45, 7) is 12.8. The molecule has 4 aromatic rings.